The van der Waals surface area contributed by atoms with Gasteiger partial charge in [-0.3, -0.25) is 0 Å². The van der Waals surface area contributed by atoms with E-state index < -0.39 is 0 Å². The van der Waals surface area contributed by atoms with Crippen molar-refractivity contribution in [2.24, 2.45) is 0 Å². The largest absolute Gasteiger partial charge is 0.385 e. The van der Waals surface area contributed by atoms with Gasteiger partial charge in [-0.1, -0.05) is 25.2 Å². The third kappa shape index (κ3) is 7.22. The van der Waals surface area contributed by atoms with Gasteiger partial charge in [0.1, 0.15) is 0 Å². The van der Waals surface area contributed by atoms with Crippen LogP contribution in [0, 0.1) is 0 Å². The summed E-state index contributed by atoms with van der Waals surface area (Å²) in [5.74, 6) is 0. The fourth-order valence-electron chi connectivity index (χ4n) is 2.73. The van der Waals surface area contributed by atoms with Crippen molar-refractivity contribution in [1.29, 1.82) is 0 Å². The van der Waals surface area contributed by atoms with Crippen molar-refractivity contribution in [3.63, 3.8) is 0 Å². The highest BCUT2D eigenvalue weighted by Crippen LogP contribution is 2.11. The summed E-state index contributed by atoms with van der Waals surface area (Å²) >= 11 is 0. The molecule has 0 radical (unpaired) electrons. The maximum absolute atomic E-state index is 5.11. The average molecular weight is 280 g/mol. The van der Waals surface area contributed by atoms with Crippen molar-refractivity contribution in [2.75, 3.05) is 39.9 Å². The normalized spacial score (nSPS) is 19.1. The van der Waals surface area contributed by atoms with E-state index in [0.29, 0.717) is 6.04 Å². The van der Waals surface area contributed by atoms with Crippen LogP contribution in [0.25, 0.3) is 0 Å². The van der Waals surface area contributed by atoms with Crippen LogP contribution in [0.3, 0.4) is 0 Å². The van der Waals surface area contributed by atoms with Crippen molar-refractivity contribution >= 4 is 0 Å². The molecule has 0 aromatic heterocycles. The molecule has 0 amide bonds. The molecule has 0 atom stereocenters. The molecule has 0 unspecified atom stereocenters. The van der Waals surface area contributed by atoms with Gasteiger partial charge < -0.3 is 15.0 Å². The number of hydrogen-bond acceptors (Lipinski definition) is 3. The maximum Gasteiger partial charge on any atom is 0.0474 e. The first-order valence-corrected chi connectivity index (χ1v) is 8.06. The van der Waals surface area contributed by atoms with Gasteiger partial charge in [0.25, 0.3) is 0 Å². The summed E-state index contributed by atoms with van der Waals surface area (Å²) in [5, 5.41) is 3.71. The Morgan fingerprint density at radius 2 is 2.10 bits per heavy atom. The number of allylic oxidation sites excluding steroid dienone is 2. The van der Waals surface area contributed by atoms with Gasteiger partial charge in [0.15, 0.2) is 0 Å². The Morgan fingerprint density at radius 1 is 1.35 bits per heavy atom. The number of nitrogens with zero attached hydrogens (tertiary/aromatic N) is 1. The van der Waals surface area contributed by atoms with Gasteiger partial charge in [-0.2, -0.15) is 0 Å². The Balaban J connectivity index is 2.20. The van der Waals surface area contributed by atoms with Crippen LogP contribution in [0.2, 0.25) is 0 Å². The van der Waals surface area contributed by atoms with Crippen LogP contribution in [0.5, 0.6) is 0 Å². The fourth-order valence-corrected chi connectivity index (χ4v) is 2.73. The number of nitrogens with one attached hydrogen (secondary N) is 1. The lowest BCUT2D eigenvalue weighted by atomic mass is 10.0. The molecule has 0 bridgehead atoms. The molecule has 1 aliphatic rings. The van der Waals surface area contributed by atoms with Gasteiger partial charge in [0.2, 0.25) is 0 Å². The van der Waals surface area contributed by atoms with Gasteiger partial charge in [0, 0.05) is 32.8 Å². The van der Waals surface area contributed by atoms with E-state index in [0.717, 1.165) is 26.0 Å². The number of likely N-dealkylation sites (tertiary alicyclic amines) is 1. The molecule has 1 fully saturated rings. The molecule has 0 aliphatic carbocycles. The fraction of sp³-hybridized carbons (Fsp3) is 0.765. The Kier molecular flexibility index (Phi) is 9.63. The predicted molar refractivity (Wildman–Crippen MR) is 87.1 cm³/mol. The molecular weight excluding hydrogens is 248 g/mol. The Hall–Kier alpha value is -0.640. The summed E-state index contributed by atoms with van der Waals surface area (Å²) < 4.78 is 5.11. The SMILES string of the molecule is CC=CC(=CCC)CNC1CCN(CCCOC)CC1. The average Bonchev–Trinajstić information content (AvgIpc) is 2.47. The zero-order chi connectivity index (χ0) is 14.6. The lowest BCUT2D eigenvalue weighted by Crippen LogP contribution is -2.43. The van der Waals surface area contributed by atoms with Crippen molar-refractivity contribution in [3.05, 3.63) is 23.8 Å². The minimum absolute atomic E-state index is 0.680. The van der Waals surface area contributed by atoms with E-state index in [1.165, 1.54) is 38.0 Å². The summed E-state index contributed by atoms with van der Waals surface area (Å²) in [6.45, 7) is 9.79. The number of ether oxygens (including phenoxy) is 1. The molecule has 3 nitrogen and oxygen atoms in total. The molecule has 1 saturated heterocycles. The summed E-state index contributed by atoms with van der Waals surface area (Å²) in [5.41, 5.74) is 1.41. The highest BCUT2D eigenvalue weighted by molar-refractivity contribution is 5.19. The molecule has 0 aromatic rings. The van der Waals surface area contributed by atoms with Gasteiger partial charge in [-0.25, -0.2) is 0 Å². The van der Waals surface area contributed by atoms with E-state index in [4.69, 9.17) is 4.74 Å². The minimum atomic E-state index is 0.680. The second-order valence-corrected chi connectivity index (χ2v) is 5.53. The highest BCUT2D eigenvalue weighted by atomic mass is 16.5. The predicted octanol–water partition coefficient (Wildman–Crippen LogP) is 2.99. The van der Waals surface area contributed by atoms with Gasteiger partial charge in [-0.05, 0) is 51.3 Å². The van der Waals surface area contributed by atoms with E-state index in [9.17, 15) is 0 Å². The van der Waals surface area contributed by atoms with E-state index in [1.54, 1.807) is 7.11 Å². The van der Waals surface area contributed by atoms with Gasteiger partial charge >= 0.3 is 0 Å². The first-order valence-electron chi connectivity index (χ1n) is 8.06. The topological polar surface area (TPSA) is 24.5 Å². The van der Waals surface area contributed by atoms with Gasteiger partial charge in [0.05, 0.1) is 0 Å². The Labute approximate surface area is 125 Å². The minimum Gasteiger partial charge on any atom is -0.385 e. The second kappa shape index (κ2) is 11.1. The quantitative estimate of drug-likeness (QED) is 0.519. The van der Waals surface area contributed by atoms with Crippen molar-refractivity contribution < 1.29 is 4.74 Å². The molecule has 116 valence electrons. The zero-order valence-electron chi connectivity index (χ0n) is 13.5. The molecule has 1 heterocycles. The van der Waals surface area contributed by atoms with Crippen molar-refractivity contribution in [2.45, 2.75) is 45.6 Å². The number of rotatable bonds is 9. The maximum atomic E-state index is 5.11. The highest BCUT2D eigenvalue weighted by Gasteiger charge is 2.18. The van der Waals surface area contributed by atoms with E-state index in [1.807, 2.05) is 0 Å². The molecule has 1 aliphatic heterocycles. The van der Waals surface area contributed by atoms with Crippen LogP contribution >= 0.6 is 0 Å². The van der Waals surface area contributed by atoms with E-state index >= 15 is 0 Å². The molecule has 1 N–H and O–H groups in total. The zero-order valence-corrected chi connectivity index (χ0v) is 13.5. The lowest BCUT2D eigenvalue weighted by Gasteiger charge is -2.32. The summed E-state index contributed by atoms with van der Waals surface area (Å²) in [6.07, 6.45) is 11.5. The smallest absolute Gasteiger partial charge is 0.0474 e. The van der Waals surface area contributed by atoms with Crippen molar-refractivity contribution in [1.82, 2.24) is 10.2 Å². The first kappa shape index (κ1) is 17.4. The molecule has 0 aromatic carbocycles. The Bertz CT molecular complexity index is 291. The van der Waals surface area contributed by atoms with Gasteiger partial charge in [-0.15, -0.1) is 0 Å². The van der Waals surface area contributed by atoms with E-state index in [-0.39, 0.29) is 0 Å². The Morgan fingerprint density at radius 3 is 2.70 bits per heavy atom. The number of hydrogen-bond donors (Lipinski definition) is 1. The molecule has 0 saturated carbocycles. The second-order valence-electron chi connectivity index (χ2n) is 5.53. The van der Waals surface area contributed by atoms with Crippen LogP contribution in [0.4, 0.5) is 0 Å². The molecule has 0 spiro atoms. The van der Waals surface area contributed by atoms with Crippen LogP contribution < -0.4 is 5.32 Å². The standard InChI is InChI=1S/C17H32N2O/c1-4-7-16(8-5-2)15-18-17-9-12-19(13-10-17)11-6-14-20-3/h4,7-8,17-18H,5-6,9-15H2,1-3H3. The summed E-state index contributed by atoms with van der Waals surface area (Å²) in [4.78, 5) is 2.56. The third-order valence-corrected chi connectivity index (χ3v) is 3.85. The molecule has 3 heteroatoms. The number of methoxy groups -OCH3 is 1. The van der Waals surface area contributed by atoms with Crippen LogP contribution in [0.15, 0.2) is 23.8 Å². The molecule has 1 rings (SSSR count). The molecule has 20 heavy (non-hydrogen) atoms. The monoisotopic (exact) mass is 280 g/mol. The first-order chi connectivity index (χ1) is 9.80. The van der Waals surface area contributed by atoms with Crippen LogP contribution in [0.1, 0.15) is 39.5 Å². The summed E-state index contributed by atoms with van der Waals surface area (Å²) in [7, 11) is 1.78. The van der Waals surface area contributed by atoms with Crippen LogP contribution in [-0.4, -0.2) is 50.8 Å². The molecular formula is C17H32N2O. The van der Waals surface area contributed by atoms with E-state index in [2.05, 4.69) is 42.3 Å². The summed E-state index contributed by atoms with van der Waals surface area (Å²) in [6, 6.07) is 0.680. The van der Waals surface area contributed by atoms with Crippen molar-refractivity contribution in [3.8, 4) is 0 Å². The van der Waals surface area contributed by atoms with Crippen LogP contribution in [-0.2, 0) is 4.74 Å². The number of piperidine rings is 1. The lowest BCUT2D eigenvalue weighted by molar-refractivity contribution is 0.153. The third-order valence-electron chi connectivity index (χ3n) is 3.85.